The van der Waals surface area contributed by atoms with Gasteiger partial charge in [-0.3, -0.25) is 32.5 Å². The van der Waals surface area contributed by atoms with Crippen molar-refractivity contribution >= 4 is 33.6 Å². The van der Waals surface area contributed by atoms with Crippen LogP contribution < -0.4 is 0 Å². The maximum absolute atomic E-state index is 12.9. The van der Waals surface area contributed by atoms with Gasteiger partial charge in [0.05, 0.1) is 26.4 Å². The molecular weight excluding hydrogens is 1360 g/mol. The van der Waals surface area contributed by atoms with Gasteiger partial charge in [-0.2, -0.15) is 0 Å². The largest absolute Gasteiger partial charge is 0.472 e. The van der Waals surface area contributed by atoms with Crippen LogP contribution in [0.2, 0.25) is 0 Å². The first-order valence-electron chi connectivity index (χ1n) is 41.8. The monoisotopic (exact) mass is 1520 g/mol. The SMILES string of the molecule is CC/C=C\C/C=C\C/C=C\C/C=C\C/C=C\C/C=C\CCCCCCC(=O)OCC(COP(=O)(O)OCC(O)COP(=O)(O)OCC(O)COC(=O)CCCCCCCCCCCCCCCCCCCCC/C=C\C/C=C\C/C=C\C/C=C\CCCCC)OC(=O)CCCCCCCCCCCCC. The van der Waals surface area contributed by atoms with Crippen LogP contribution >= 0.6 is 15.6 Å². The molecule has 5 unspecified atom stereocenters. The summed E-state index contributed by atoms with van der Waals surface area (Å²) in [5.41, 5.74) is 0. The second kappa shape index (κ2) is 79.5. The number of hydrogen-bond acceptors (Lipinski definition) is 14. The van der Waals surface area contributed by atoms with Gasteiger partial charge in [0.15, 0.2) is 6.10 Å². The molecule has 18 heteroatoms. The summed E-state index contributed by atoms with van der Waals surface area (Å²) in [5, 5.41) is 20.6. The van der Waals surface area contributed by atoms with Gasteiger partial charge in [-0.05, 0) is 116 Å². The highest BCUT2D eigenvalue weighted by Crippen LogP contribution is 2.45. The van der Waals surface area contributed by atoms with E-state index < -0.39 is 91.5 Å². The molecule has 0 aliphatic rings. The van der Waals surface area contributed by atoms with Gasteiger partial charge in [0.25, 0.3) is 0 Å². The molecule has 0 bridgehead atoms. The van der Waals surface area contributed by atoms with Gasteiger partial charge in [0.1, 0.15) is 25.4 Å². The zero-order chi connectivity index (χ0) is 76.6. The average molecular weight is 1520 g/mol. The van der Waals surface area contributed by atoms with Gasteiger partial charge < -0.3 is 34.2 Å². The fourth-order valence-corrected chi connectivity index (χ4v) is 12.9. The van der Waals surface area contributed by atoms with E-state index in [1.807, 2.05) is 0 Å². The van der Waals surface area contributed by atoms with Crippen LogP contribution in [0.1, 0.15) is 355 Å². The van der Waals surface area contributed by atoms with Crippen molar-refractivity contribution in [1.82, 2.24) is 0 Å². The van der Waals surface area contributed by atoms with Crippen LogP contribution in [0.5, 0.6) is 0 Å². The summed E-state index contributed by atoms with van der Waals surface area (Å²) in [6.07, 6.45) is 95.6. The summed E-state index contributed by atoms with van der Waals surface area (Å²) < 4.78 is 61.1. The summed E-state index contributed by atoms with van der Waals surface area (Å²) in [5.74, 6) is -1.59. The van der Waals surface area contributed by atoms with Crippen LogP contribution in [0.3, 0.4) is 0 Å². The van der Waals surface area contributed by atoms with Crippen LogP contribution in [0, 0.1) is 0 Å². The maximum Gasteiger partial charge on any atom is 0.472 e. The number of rotatable bonds is 79. The van der Waals surface area contributed by atoms with Crippen molar-refractivity contribution in [1.29, 1.82) is 0 Å². The number of aliphatic hydroxyl groups is 2. The summed E-state index contributed by atoms with van der Waals surface area (Å²) in [6.45, 7) is 2.53. The molecule has 0 saturated carbocycles. The molecule has 0 amide bonds. The van der Waals surface area contributed by atoms with Crippen LogP contribution in [0.25, 0.3) is 0 Å². The summed E-state index contributed by atoms with van der Waals surface area (Å²) >= 11 is 0. The Morgan fingerprint density at radius 3 is 0.819 bits per heavy atom. The number of esters is 3. The molecule has 16 nitrogen and oxygen atoms in total. The van der Waals surface area contributed by atoms with E-state index in [9.17, 15) is 43.5 Å². The van der Waals surface area contributed by atoms with Crippen molar-refractivity contribution in [3.05, 3.63) is 122 Å². The molecule has 0 saturated heterocycles. The van der Waals surface area contributed by atoms with Crippen molar-refractivity contribution in [2.75, 3.05) is 39.6 Å². The van der Waals surface area contributed by atoms with Crippen molar-refractivity contribution in [2.24, 2.45) is 0 Å². The first-order valence-corrected chi connectivity index (χ1v) is 44.8. The topological polar surface area (TPSA) is 231 Å². The summed E-state index contributed by atoms with van der Waals surface area (Å²) in [7, 11) is -9.79. The number of aliphatic hydroxyl groups excluding tert-OH is 2. The Bertz CT molecular complexity index is 2390. The molecule has 0 aromatic rings. The number of ether oxygens (including phenoxy) is 3. The van der Waals surface area contributed by atoms with E-state index in [2.05, 4.69) is 142 Å². The van der Waals surface area contributed by atoms with E-state index in [0.717, 1.165) is 128 Å². The smallest absolute Gasteiger partial charge is 0.463 e. The van der Waals surface area contributed by atoms with E-state index in [-0.39, 0.29) is 19.3 Å². The van der Waals surface area contributed by atoms with Gasteiger partial charge in [-0.15, -0.1) is 0 Å². The normalized spacial score (nSPS) is 14.5. The van der Waals surface area contributed by atoms with E-state index in [0.29, 0.717) is 19.3 Å². The number of unbranched alkanes of at least 4 members (excludes halogenated alkanes) is 36. The van der Waals surface area contributed by atoms with Crippen LogP contribution in [0.15, 0.2) is 122 Å². The van der Waals surface area contributed by atoms with Crippen LogP contribution in [-0.4, -0.2) is 95.9 Å². The standard InChI is InChI=1S/C87H152O16P2/c1-4-7-10-13-16-19-22-24-26-28-30-32-34-35-36-37-38-39-40-41-42-43-44-45-47-49-50-52-54-56-59-61-64-67-70-73-85(90)97-76-82(88)77-99-104(93,94)100-78-83(89)79-101-105(95,96)102-81-84(103-87(92)75-72-69-66-63-58-21-18-15-12-9-6-3)80-98-86(91)74-71-68-65-62-60-57-55-53-51-48-46-33-31-29-27-25-23-20-17-14-11-8-5-2/h8,11,16-17,19-20,24-27,30-33,35-36,48,51,55,57,82-84,88-89H,4-7,9-10,12-15,18,21-23,28-29,34,37-47,49-50,52-54,56,58-81H2,1-3H3,(H,93,94)(H,95,96)/b11-8-,19-16-,20-17-,26-24-,27-25-,32-30-,33-31-,36-35-,51-48-,57-55-. The van der Waals surface area contributed by atoms with E-state index >= 15 is 0 Å². The Labute approximate surface area is 640 Å². The van der Waals surface area contributed by atoms with Gasteiger partial charge in [-0.1, -0.05) is 341 Å². The third-order valence-corrected chi connectivity index (χ3v) is 19.6. The molecule has 0 aliphatic carbocycles. The zero-order valence-electron chi connectivity index (χ0n) is 66.4. The lowest BCUT2D eigenvalue weighted by atomic mass is 10.0. The minimum Gasteiger partial charge on any atom is -0.463 e. The highest BCUT2D eigenvalue weighted by atomic mass is 31.2. The van der Waals surface area contributed by atoms with E-state index in [1.165, 1.54) is 167 Å². The molecule has 4 N–H and O–H groups in total. The van der Waals surface area contributed by atoms with Gasteiger partial charge in [0.2, 0.25) is 0 Å². The Morgan fingerprint density at radius 1 is 0.276 bits per heavy atom. The zero-order valence-corrected chi connectivity index (χ0v) is 68.2. The molecule has 0 spiro atoms. The lowest BCUT2D eigenvalue weighted by Crippen LogP contribution is -2.30. The number of carbonyl (C=O) groups is 3. The predicted octanol–water partition coefficient (Wildman–Crippen LogP) is 24.9. The van der Waals surface area contributed by atoms with Crippen molar-refractivity contribution in [3.63, 3.8) is 0 Å². The van der Waals surface area contributed by atoms with Gasteiger partial charge in [-0.25, -0.2) is 9.13 Å². The average Bonchev–Trinajstić information content (AvgIpc) is 0.913. The number of phosphoric ester groups is 2. The third-order valence-electron chi connectivity index (χ3n) is 17.7. The van der Waals surface area contributed by atoms with Crippen LogP contribution in [0.4, 0.5) is 0 Å². The lowest BCUT2D eigenvalue weighted by Gasteiger charge is -2.21. The number of hydrogen-bond donors (Lipinski definition) is 4. The molecule has 606 valence electrons. The highest BCUT2D eigenvalue weighted by Gasteiger charge is 2.29. The van der Waals surface area contributed by atoms with Gasteiger partial charge >= 0.3 is 33.6 Å². The number of allylic oxidation sites excluding steroid dienone is 20. The minimum absolute atomic E-state index is 0.0995. The molecule has 0 aromatic heterocycles. The number of carbonyl (C=O) groups excluding carboxylic acids is 3. The molecular formula is C87H152O16P2. The first kappa shape index (κ1) is 101. The predicted molar refractivity (Wildman–Crippen MR) is 436 cm³/mol. The summed E-state index contributed by atoms with van der Waals surface area (Å²) in [4.78, 5) is 58.6. The molecule has 0 aromatic carbocycles. The van der Waals surface area contributed by atoms with E-state index in [4.69, 9.17) is 32.3 Å². The van der Waals surface area contributed by atoms with Crippen molar-refractivity contribution in [3.8, 4) is 0 Å². The molecule has 0 rings (SSSR count). The summed E-state index contributed by atoms with van der Waals surface area (Å²) in [6, 6.07) is 0. The highest BCUT2D eigenvalue weighted by molar-refractivity contribution is 7.47. The molecule has 0 heterocycles. The number of phosphoric acid groups is 2. The Kier molecular flexibility index (Phi) is 76.4. The molecule has 0 fully saturated rings. The molecule has 0 radical (unpaired) electrons. The molecule has 5 atom stereocenters. The second-order valence-electron chi connectivity index (χ2n) is 27.9. The Balaban J connectivity index is 4.35. The first-order chi connectivity index (χ1) is 51.2. The van der Waals surface area contributed by atoms with Crippen molar-refractivity contribution < 1.29 is 75.8 Å². The third kappa shape index (κ3) is 80.8. The van der Waals surface area contributed by atoms with Crippen molar-refractivity contribution in [2.45, 2.75) is 373 Å². The second-order valence-corrected chi connectivity index (χ2v) is 30.8. The fourth-order valence-electron chi connectivity index (χ4n) is 11.3. The van der Waals surface area contributed by atoms with Crippen LogP contribution in [-0.2, 0) is 55.8 Å². The maximum atomic E-state index is 12.9. The lowest BCUT2D eigenvalue weighted by molar-refractivity contribution is -0.161. The molecule has 0 aliphatic heterocycles. The Hall–Kier alpha value is -4.05. The minimum atomic E-state index is -4.93. The molecule has 105 heavy (non-hydrogen) atoms. The quantitative estimate of drug-likeness (QED) is 0.0146. The van der Waals surface area contributed by atoms with Gasteiger partial charge in [0, 0.05) is 19.3 Å². The van der Waals surface area contributed by atoms with E-state index in [1.54, 1.807) is 0 Å². The Morgan fingerprint density at radius 2 is 0.505 bits per heavy atom. The fraction of sp³-hybridized carbons (Fsp3) is 0.736.